The second-order valence-electron chi connectivity index (χ2n) is 4.20. The lowest BCUT2D eigenvalue weighted by atomic mass is 10.1. The molecule has 0 saturated carbocycles. The first kappa shape index (κ1) is 18.7. The van der Waals surface area contributed by atoms with Crippen LogP contribution in [-0.2, 0) is 20.7 Å². The molecule has 0 aromatic heterocycles. The number of benzene rings is 1. The van der Waals surface area contributed by atoms with Crippen molar-refractivity contribution in [2.45, 2.75) is 18.5 Å². The van der Waals surface area contributed by atoms with E-state index in [1.165, 1.54) is 6.07 Å². The molecule has 0 radical (unpaired) electrons. The van der Waals surface area contributed by atoms with E-state index in [1.54, 1.807) is 0 Å². The first-order valence-corrected chi connectivity index (χ1v) is 5.93. The van der Waals surface area contributed by atoms with Gasteiger partial charge in [-0.05, 0) is 17.7 Å². The summed E-state index contributed by atoms with van der Waals surface area (Å²) >= 11 is 0. The third-order valence-corrected chi connectivity index (χ3v) is 2.62. The lowest BCUT2D eigenvalue weighted by molar-refractivity contribution is -0.276. The fraction of sp³-hybridized carbons (Fsp3) is 0.385. The van der Waals surface area contributed by atoms with Crippen molar-refractivity contribution in [1.82, 2.24) is 0 Å². The second-order valence-corrected chi connectivity index (χ2v) is 4.20. The average Bonchev–Trinajstić information content (AvgIpc) is 2.47. The molecule has 1 rings (SSSR count). The van der Waals surface area contributed by atoms with Crippen LogP contribution in [0.5, 0.6) is 11.5 Å². The maximum atomic E-state index is 12.8. The Labute approximate surface area is 126 Å². The highest BCUT2D eigenvalue weighted by molar-refractivity contribution is 5.81. The number of rotatable bonds is 5. The van der Waals surface area contributed by atoms with Crippen LogP contribution in [0.1, 0.15) is 5.56 Å². The van der Waals surface area contributed by atoms with E-state index < -0.39 is 29.8 Å². The van der Waals surface area contributed by atoms with Crippen LogP contribution in [0.25, 0.3) is 0 Å². The lowest BCUT2D eigenvalue weighted by Crippen LogP contribution is -2.46. The van der Waals surface area contributed by atoms with Crippen LogP contribution in [0.4, 0.5) is 22.0 Å². The summed E-state index contributed by atoms with van der Waals surface area (Å²) in [5, 5.41) is 0. The van der Waals surface area contributed by atoms with E-state index >= 15 is 0 Å². The largest absolute Gasteiger partial charge is 0.493 e. The van der Waals surface area contributed by atoms with Crippen molar-refractivity contribution in [3.05, 3.63) is 23.8 Å². The summed E-state index contributed by atoms with van der Waals surface area (Å²) in [4.78, 5) is 22.1. The summed E-state index contributed by atoms with van der Waals surface area (Å²) in [5.41, 5.74) is 0.316. The van der Waals surface area contributed by atoms with E-state index in [-0.39, 0.29) is 12.2 Å². The summed E-state index contributed by atoms with van der Waals surface area (Å²) in [6.07, 6.45) is -6.28. The van der Waals surface area contributed by atoms with E-state index in [1.807, 2.05) is 0 Å². The molecule has 0 aliphatic heterocycles. The summed E-state index contributed by atoms with van der Waals surface area (Å²) in [6, 6.07) is 3.26. The van der Waals surface area contributed by atoms with E-state index in [0.717, 1.165) is 26.4 Å². The standard InChI is InChI=1S/C13H11F5O5/c1-21-9-5-7(6-10(19)22-2)3-4-8(9)23-11(20)12(14,15)13(16,17)18/h3-5H,6H2,1-2H3. The molecule has 10 heteroatoms. The van der Waals surface area contributed by atoms with Gasteiger partial charge in [0.15, 0.2) is 11.5 Å². The van der Waals surface area contributed by atoms with Gasteiger partial charge in [0.2, 0.25) is 0 Å². The molecule has 0 saturated heterocycles. The zero-order valence-electron chi connectivity index (χ0n) is 11.9. The first-order chi connectivity index (χ1) is 10.5. The molecule has 1 aromatic rings. The smallest absolute Gasteiger partial charge is 0.465 e. The van der Waals surface area contributed by atoms with Crippen LogP contribution in [0.15, 0.2) is 18.2 Å². The molecule has 23 heavy (non-hydrogen) atoms. The van der Waals surface area contributed by atoms with Crippen LogP contribution in [-0.4, -0.2) is 38.3 Å². The first-order valence-electron chi connectivity index (χ1n) is 5.93. The predicted octanol–water partition coefficient (Wildman–Crippen LogP) is 2.51. The molecule has 0 aliphatic rings. The van der Waals surface area contributed by atoms with Crippen LogP contribution in [0.3, 0.4) is 0 Å². The Morgan fingerprint density at radius 1 is 1.04 bits per heavy atom. The van der Waals surface area contributed by atoms with Crippen LogP contribution in [0.2, 0.25) is 0 Å². The minimum absolute atomic E-state index is 0.195. The normalized spacial score (nSPS) is 11.8. The van der Waals surface area contributed by atoms with Crippen molar-refractivity contribution in [2.24, 2.45) is 0 Å². The van der Waals surface area contributed by atoms with E-state index in [4.69, 9.17) is 4.74 Å². The van der Waals surface area contributed by atoms with Crippen molar-refractivity contribution >= 4 is 11.9 Å². The van der Waals surface area contributed by atoms with Crippen molar-refractivity contribution in [1.29, 1.82) is 0 Å². The van der Waals surface area contributed by atoms with Crippen molar-refractivity contribution in [3.63, 3.8) is 0 Å². The number of hydrogen-bond acceptors (Lipinski definition) is 5. The van der Waals surface area contributed by atoms with Gasteiger partial charge in [-0.3, -0.25) is 4.79 Å². The third-order valence-electron chi connectivity index (χ3n) is 2.62. The van der Waals surface area contributed by atoms with Crippen molar-refractivity contribution in [3.8, 4) is 11.5 Å². The molecule has 0 fully saturated rings. The number of carbonyl (C=O) groups is 2. The number of carbonyl (C=O) groups excluding carboxylic acids is 2. The molecule has 0 aliphatic carbocycles. The number of esters is 2. The molecule has 0 unspecified atom stereocenters. The average molecular weight is 342 g/mol. The molecule has 0 atom stereocenters. The Morgan fingerprint density at radius 2 is 1.65 bits per heavy atom. The molecule has 0 N–H and O–H groups in total. The zero-order valence-corrected chi connectivity index (χ0v) is 11.9. The van der Waals surface area contributed by atoms with Gasteiger partial charge in [0.25, 0.3) is 0 Å². The van der Waals surface area contributed by atoms with Gasteiger partial charge in [-0.1, -0.05) is 6.07 Å². The SMILES string of the molecule is COC(=O)Cc1ccc(OC(=O)C(F)(F)C(F)(F)F)c(OC)c1. The monoisotopic (exact) mass is 342 g/mol. The van der Waals surface area contributed by atoms with Gasteiger partial charge in [0.1, 0.15) is 0 Å². The van der Waals surface area contributed by atoms with Crippen LogP contribution < -0.4 is 9.47 Å². The van der Waals surface area contributed by atoms with Gasteiger partial charge in [-0.2, -0.15) is 22.0 Å². The summed E-state index contributed by atoms with van der Waals surface area (Å²) < 4.78 is 75.2. The third kappa shape index (κ3) is 4.30. The fourth-order valence-electron chi connectivity index (χ4n) is 1.42. The molecule has 0 spiro atoms. The van der Waals surface area contributed by atoms with Gasteiger partial charge >= 0.3 is 24.0 Å². The highest BCUT2D eigenvalue weighted by Gasteiger charge is 2.65. The molecule has 5 nitrogen and oxygen atoms in total. The topological polar surface area (TPSA) is 61.8 Å². The molecule has 1 aromatic carbocycles. The Balaban J connectivity index is 3.01. The maximum Gasteiger partial charge on any atom is 0.465 e. The Hall–Kier alpha value is -2.39. The minimum atomic E-state index is -6.08. The molecular weight excluding hydrogens is 331 g/mol. The number of halogens is 5. The molecule has 0 bridgehead atoms. The Morgan fingerprint density at radius 3 is 2.13 bits per heavy atom. The summed E-state index contributed by atoms with van der Waals surface area (Å²) in [6.45, 7) is 0. The number of alkyl halides is 5. The Kier molecular flexibility index (Phi) is 5.51. The van der Waals surface area contributed by atoms with Crippen LogP contribution >= 0.6 is 0 Å². The molecular formula is C13H11F5O5. The Bertz CT molecular complexity index is 597. The van der Waals surface area contributed by atoms with Crippen molar-refractivity contribution < 1.29 is 45.8 Å². The summed E-state index contributed by atoms with van der Waals surface area (Å²) in [5.74, 6) is -10.00. The lowest BCUT2D eigenvalue weighted by Gasteiger charge is -2.18. The zero-order chi connectivity index (χ0) is 17.8. The quantitative estimate of drug-likeness (QED) is 0.467. The van der Waals surface area contributed by atoms with Crippen molar-refractivity contribution in [2.75, 3.05) is 14.2 Å². The second kappa shape index (κ2) is 6.80. The minimum Gasteiger partial charge on any atom is -0.493 e. The number of ether oxygens (including phenoxy) is 3. The summed E-state index contributed by atoms with van der Waals surface area (Å²) in [7, 11) is 2.23. The van der Waals surface area contributed by atoms with Gasteiger partial charge in [-0.15, -0.1) is 0 Å². The van der Waals surface area contributed by atoms with Gasteiger partial charge in [-0.25, -0.2) is 4.79 Å². The molecule has 128 valence electrons. The van der Waals surface area contributed by atoms with Crippen LogP contribution in [0, 0.1) is 0 Å². The molecule has 0 amide bonds. The van der Waals surface area contributed by atoms with Gasteiger partial charge < -0.3 is 14.2 Å². The maximum absolute atomic E-state index is 12.8. The highest BCUT2D eigenvalue weighted by Crippen LogP contribution is 2.38. The number of methoxy groups -OCH3 is 2. The van der Waals surface area contributed by atoms with Gasteiger partial charge in [0, 0.05) is 0 Å². The van der Waals surface area contributed by atoms with E-state index in [9.17, 15) is 31.5 Å². The van der Waals surface area contributed by atoms with E-state index in [2.05, 4.69) is 9.47 Å². The number of hydrogen-bond donors (Lipinski definition) is 0. The predicted molar refractivity (Wildman–Crippen MR) is 65.4 cm³/mol. The highest BCUT2D eigenvalue weighted by atomic mass is 19.4. The molecule has 0 heterocycles. The van der Waals surface area contributed by atoms with E-state index in [0.29, 0.717) is 5.56 Å². The van der Waals surface area contributed by atoms with Gasteiger partial charge in [0.05, 0.1) is 20.6 Å². The fourth-order valence-corrected chi connectivity index (χ4v) is 1.42.